The number of aromatic nitrogens is 1. The summed E-state index contributed by atoms with van der Waals surface area (Å²) in [5.74, 6) is -0.151. The van der Waals surface area contributed by atoms with E-state index in [9.17, 15) is 14.9 Å². The first-order valence-electron chi connectivity index (χ1n) is 11.5. The third-order valence-corrected chi connectivity index (χ3v) is 6.60. The van der Waals surface area contributed by atoms with Crippen LogP contribution in [0.3, 0.4) is 0 Å². The number of fused-ring (bicyclic) bond motifs is 1. The van der Waals surface area contributed by atoms with Crippen molar-refractivity contribution in [2.45, 2.75) is 19.8 Å². The molecule has 0 radical (unpaired) electrons. The Morgan fingerprint density at radius 1 is 0.909 bits per heavy atom. The fraction of sp³-hybridized carbons (Fsp3) is 0.360. The number of nitrogens with zero attached hydrogens (tertiary/aromatic N) is 5. The largest absolute Gasteiger partial charge is 0.367 e. The smallest absolute Gasteiger partial charge is 0.293 e. The second kappa shape index (κ2) is 8.69. The molecular weight excluding hydrogens is 418 g/mol. The highest BCUT2D eigenvalue weighted by atomic mass is 16.6. The lowest BCUT2D eigenvalue weighted by Crippen LogP contribution is -2.48. The highest BCUT2D eigenvalue weighted by Crippen LogP contribution is 2.32. The SMILES string of the molecule is Cc1cc(N2CCN(C(=O)c3ccc(N4CCCC4)c([N+](=O)[O-])c3)CC2)c2ccccc2n1. The van der Waals surface area contributed by atoms with E-state index in [0.29, 0.717) is 37.4 Å². The Balaban J connectivity index is 1.33. The third-order valence-electron chi connectivity index (χ3n) is 6.60. The first-order valence-corrected chi connectivity index (χ1v) is 11.5. The number of para-hydroxylation sites is 1. The number of piperazine rings is 1. The third kappa shape index (κ3) is 4.08. The van der Waals surface area contributed by atoms with E-state index in [-0.39, 0.29) is 16.5 Å². The van der Waals surface area contributed by atoms with Crippen LogP contribution in [0.15, 0.2) is 48.5 Å². The summed E-state index contributed by atoms with van der Waals surface area (Å²) < 4.78 is 0. The first-order chi connectivity index (χ1) is 16.0. The van der Waals surface area contributed by atoms with Crippen molar-refractivity contribution in [3.8, 4) is 0 Å². The van der Waals surface area contributed by atoms with Gasteiger partial charge in [0.25, 0.3) is 11.6 Å². The number of hydrogen-bond acceptors (Lipinski definition) is 6. The summed E-state index contributed by atoms with van der Waals surface area (Å²) in [5.41, 5.74) is 4.07. The maximum atomic E-state index is 13.2. The number of carbonyl (C=O) groups excluding carboxylic acids is 1. The Morgan fingerprint density at radius 3 is 2.33 bits per heavy atom. The second-order valence-corrected chi connectivity index (χ2v) is 8.73. The van der Waals surface area contributed by atoms with Crippen LogP contribution < -0.4 is 9.80 Å². The van der Waals surface area contributed by atoms with Gasteiger partial charge in [0, 0.05) is 67.7 Å². The number of amides is 1. The van der Waals surface area contributed by atoms with Crippen molar-refractivity contribution in [3.05, 3.63) is 69.9 Å². The van der Waals surface area contributed by atoms with Crippen LogP contribution in [0.25, 0.3) is 10.9 Å². The van der Waals surface area contributed by atoms with Gasteiger partial charge >= 0.3 is 0 Å². The van der Waals surface area contributed by atoms with Gasteiger partial charge in [-0.25, -0.2) is 0 Å². The predicted octanol–water partition coefficient (Wildman–Crippen LogP) is 4.01. The molecule has 0 aliphatic carbocycles. The molecule has 1 aromatic heterocycles. The number of anilines is 2. The molecule has 0 N–H and O–H groups in total. The van der Waals surface area contributed by atoms with Crippen LogP contribution in [0.5, 0.6) is 0 Å². The van der Waals surface area contributed by atoms with Crippen LogP contribution in [0.2, 0.25) is 0 Å². The van der Waals surface area contributed by atoms with Crippen LogP contribution in [0, 0.1) is 17.0 Å². The van der Waals surface area contributed by atoms with E-state index < -0.39 is 0 Å². The number of hydrogen-bond donors (Lipinski definition) is 0. The summed E-state index contributed by atoms with van der Waals surface area (Å²) >= 11 is 0. The molecule has 33 heavy (non-hydrogen) atoms. The van der Waals surface area contributed by atoms with Gasteiger partial charge in [0.2, 0.25) is 0 Å². The minimum absolute atomic E-state index is 0.0140. The number of pyridine rings is 1. The molecule has 0 unspecified atom stereocenters. The van der Waals surface area contributed by atoms with Crippen LogP contribution in [0.1, 0.15) is 28.9 Å². The standard InChI is InChI=1S/C25H27N5O3/c1-18-16-23(20-6-2-3-7-21(20)26-18)28-12-14-29(15-13-28)25(31)19-8-9-22(24(17-19)30(32)33)27-10-4-5-11-27/h2-3,6-9,16-17H,4-5,10-15H2,1H3. The van der Waals surface area contributed by atoms with Gasteiger partial charge in [0.05, 0.1) is 10.4 Å². The maximum absolute atomic E-state index is 13.2. The lowest BCUT2D eigenvalue weighted by atomic mass is 10.1. The van der Waals surface area contributed by atoms with E-state index >= 15 is 0 Å². The molecule has 2 aliphatic rings. The Labute approximate surface area is 192 Å². The molecule has 2 aliphatic heterocycles. The van der Waals surface area contributed by atoms with Gasteiger partial charge in [-0.15, -0.1) is 0 Å². The molecule has 170 valence electrons. The fourth-order valence-corrected chi connectivity index (χ4v) is 4.91. The lowest BCUT2D eigenvalue weighted by molar-refractivity contribution is -0.384. The number of nitro benzene ring substituents is 1. The highest BCUT2D eigenvalue weighted by molar-refractivity contribution is 5.96. The summed E-state index contributed by atoms with van der Waals surface area (Å²) in [7, 11) is 0. The lowest BCUT2D eigenvalue weighted by Gasteiger charge is -2.36. The van der Waals surface area contributed by atoms with Crippen molar-refractivity contribution >= 4 is 33.9 Å². The van der Waals surface area contributed by atoms with Crippen LogP contribution in [0.4, 0.5) is 17.1 Å². The van der Waals surface area contributed by atoms with E-state index in [1.165, 1.54) is 6.07 Å². The van der Waals surface area contributed by atoms with Gasteiger partial charge in [-0.1, -0.05) is 18.2 Å². The molecule has 0 atom stereocenters. The van der Waals surface area contributed by atoms with Crippen LogP contribution >= 0.6 is 0 Å². The maximum Gasteiger partial charge on any atom is 0.293 e. The predicted molar refractivity (Wildman–Crippen MR) is 129 cm³/mol. The quantitative estimate of drug-likeness (QED) is 0.446. The van der Waals surface area contributed by atoms with Gasteiger partial charge in [-0.05, 0) is 44.0 Å². The number of aryl methyl sites for hydroxylation is 1. The number of rotatable bonds is 4. The minimum Gasteiger partial charge on any atom is -0.367 e. The summed E-state index contributed by atoms with van der Waals surface area (Å²) in [4.78, 5) is 35.2. The molecule has 0 spiro atoms. The van der Waals surface area contributed by atoms with Crippen LogP contribution in [-0.4, -0.2) is 60.0 Å². The molecule has 1 amide bonds. The zero-order valence-corrected chi connectivity index (χ0v) is 18.7. The molecule has 3 heterocycles. The molecule has 5 rings (SSSR count). The Morgan fingerprint density at radius 2 is 1.61 bits per heavy atom. The normalized spacial score (nSPS) is 16.5. The van der Waals surface area contributed by atoms with E-state index in [0.717, 1.165) is 48.2 Å². The number of nitro groups is 1. The topological polar surface area (TPSA) is 82.8 Å². The summed E-state index contributed by atoms with van der Waals surface area (Å²) in [6.45, 7) is 6.17. The molecule has 3 aromatic rings. The summed E-state index contributed by atoms with van der Waals surface area (Å²) in [6.07, 6.45) is 2.07. The summed E-state index contributed by atoms with van der Waals surface area (Å²) in [5, 5.41) is 12.8. The molecule has 2 saturated heterocycles. The Hall–Kier alpha value is -3.68. The van der Waals surface area contributed by atoms with Gasteiger partial charge in [-0.2, -0.15) is 0 Å². The average Bonchev–Trinajstić information content (AvgIpc) is 3.37. The van der Waals surface area contributed by atoms with Crippen molar-refractivity contribution < 1.29 is 9.72 Å². The van der Waals surface area contributed by atoms with Gasteiger partial charge < -0.3 is 14.7 Å². The number of carbonyl (C=O) groups is 1. The zero-order chi connectivity index (χ0) is 22.9. The monoisotopic (exact) mass is 445 g/mol. The number of benzene rings is 2. The first kappa shape index (κ1) is 21.2. The molecule has 8 heteroatoms. The van der Waals surface area contributed by atoms with Crippen molar-refractivity contribution in [2.24, 2.45) is 0 Å². The molecule has 0 bridgehead atoms. The molecule has 2 aromatic carbocycles. The fourth-order valence-electron chi connectivity index (χ4n) is 4.91. The molecule has 0 saturated carbocycles. The zero-order valence-electron chi connectivity index (χ0n) is 18.7. The Kier molecular flexibility index (Phi) is 5.58. The van der Waals surface area contributed by atoms with Crippen molar-refractivity contribution in [3.63, 3.8) is 0 Å². The van der Waals surface area contributed by atoms with Gasteiger partial charge in [0.15, 0.2) is 0 Å². The van der Waals surface area contributed by atoms with Crippen molar-refractivity contribution in [2.75, 3.05) is 49.1 Å². The van der Waals surface area contributed by atoms with E-state index in [1.54, 1.807) is 17.0 Å². The summed E-state index contributed by atoms with van der Waals surface area (Å²) in [6, 6.07) is 15.1. The van der Waals surface area contributed by atoms with Gasteiger partial charge in [-0.3, -0.25) is 19.9 Å². The van der Waals surface area contributed by atoms with E-state index in [1.807, 2.05) is 30.0 Å². The molecule has 2 fully saturated rings. The van der Waals surface area contributed by atoms with Crippen molar-refractivity contribution in [1.82, 2.24) is 9.88 Å². The van der Waals surface area contributed by atoms with Gasteiger partial charge in [0.1, 0.15) is 5.69 Å². The second-order valence-electron chi connectivity index (χ2n) is 8.73. The molecule has 8 nitrogen and oxygen atoms in total. The minimum atomic E-state index is -0.376. The van der Waals surface area contributed by atoms with E-state index in [2.05, 4.69) is 22.0 Å². The Bertz CT molecular complexity index is 1210. The molecular formula is C25H27N5O3. The average molecular weight is 446 g/mol. The highest BCUT2D eigenvalue weighted by Gasteiger charge is 2.27. The van der Waals surface area contributed by atoms with Crippen molar-refractivity contribution in [1.29, 1.82) is 0 Å². The van der Waals surface area contributed by atoms with E-state index in [4.69, 9.17) is 0 Å². The van der Waals surface area contributed by atoms with Crippen LogP contribution in [-0.2, 0) is 0 Å².